The van der Waals surface area contributed by atoms with Gasteiger partial charge in [-0.25, -0.2) is 4.79 Å². The second-order valence-corrected chi connectivity index (χ2v) is 7.40. The van der Waals surface area contributed by atoms with E-state index in [0.717, 1.165) is 49.9 Å². The SMILES string of the molecule is CCc1ccc(NC(=O)N2CCN(c3ccc(N4CCCC4)nn3)CC2)cc1. The minimum atomic E-state index is -0.0423. The predicted octanol–water partition coefficient (Wildman–Crippen LogP) is 2.99. The van der Waals surface area contributed by atoms with Gasteiger partial charge in [0.2, 0.25) is 0 Å². The third kappa shape index (κ3) is 4.18. The number of nitrogens with zero attached hydrogens (tertiary/aromatic N) is 5. The van der Waals surface area contributed by atoms with Crippen molar-refractivity contribution < 1.29 is 4.79 Å². The highest BCUT2D eigenvalue weighted by molar-refractivity contribution is 5.89. The van der Waals surface area contributed by atoms with Crippen LogP contribution in [0.4, 0.5) is 22.1 Å². The van der Waals surface area contributed by atoms with Crippen molar-refractivity contribution in [2.24, 2.45) is 0 Å². The van der Waals surface area contributed by atoms with Gasteiger partial charge in [-0.2, -0.15) is 0 Å². The molecule has 2 aromatic rings. The van der Waals surface area contributed by atoms with Crippen molar-refractivity contribution in [3.8, 4) is 0 Å². The van der Waals surface area contributed by atoms with Crippen LogP contribution in [0.2, 0.25) is 0 Å². The third-order valence-corrected chi connectivity index (χ3v) is 5.57. The van der Waals surface area contributed by atoms with E-state index in [1.54, 1.807) is 0 Å². The molecule has 0 aliphatic carbocycles. The second kappa shape index (κ2) is 8.46. The largest absolute Gasteiger partial charge is 0.355 e. The number of benzene rings is 1. The molecule has 2 aliphatic rings. The molecule has 2 saturated heterocycles. The van der Waals surface area contributed by atoms with E-state index >= 15 is 0 Å². The van der Waals surface area contributed by atoms with Crippen molar-refractivity contribution in [2.45, 2.75) is 26.2 Å². The van der Waals surface area contributed by atoms with Gasteiger partial charge in [-0.3, -0.25) is 0 Å². The molecule has 0 radical (unpaired) electrons. The highest BCUT2D eigenvalue weighted by Crippen LogP contribution is 2.20. The summed E-state index contributed by atoms with van der Waals surface area (Å²) in [4.78, 5) is 18.9. The van der Waals surface area contributed by atoms with E-state index < -0.39 is 0 Å². The smallest absolute Gasteiger partial charge is 0.321 e. The summed E-state index contributed by atoms with van der Waals surface area (Å²) in [7, 11) is 0. The fraction of sp³-hybridized carbons (Fsp3) is 0.476. The molecule has 1 aromatic carbocycles. The van der Waals surface area contributed by atoms with Gasteiger partial charge >= 0.3 is 6.03 Å². The molecule has 0 bridgehead atoms. The van der Waals surface area contributed by atoms with Crippen LogP contribution < -0.4 is 15.1 Å². The highest BCUT2D eigenvalue weighted by atomic mass is 16.2. The fourth-order valence-corrected chi connectivity index (χ4v) is 3.77. The fourth-order valence-electron chi connectivity index (χ4n) is 3.77. The van der Waals surface area contributed by atoms with E-state index in [0.29, 0.717) is 13.1 Å². The molecule has 0 unspecified atom stereocenters. The molecule has 2 fully saturated rings. The minimum absolute atomic E-state index is 0.0423. The summed E-state index contributed by atoms with van der Waals surface area (Å²) in [5.74, 6) is 1.85. The molecule has 28 heavy (non-hydrogen) atoms. The van der Waals surface area contributed by atoms with Gasteiger partial charge in [0.25, 0.3) is 0 Å². The Bertz CT molecular complexity index is 778. The van der Waals surface area contributed by atoms with E-state index in [1.165, 1.54) is 18.4 Å². The Balaban J connectivity index is 1.29. The van der Waals surface area contributed by atoms with Crippen LogP contribution in [0.5, 0.6) is 0 Å². The van der Waals surface area contributed by atoms with Gasteiger partial charge in [-0.05, 0) is 49.1 Å². The van der Waals surface area contributed by atoms with E-state index in [4.69, 9.17) is 0 Å². The van der Waals surface area contributed by atoms with Crippen molar-refractivity contribution in [3.05, 3.63) is 42.0 Å². The quantitative estimate of drug-likeness (QED) is 0.883. The van der Waals surface area contributed by atoms with Crippen LogP contribution in [0.3, 0.4) is 0 Å². The highest BCUT2D eigenvalue weighted by Gasteiger charge is 2.22. The zero-order chi connectivity index (χ0) is 19.3. The molecule has 7 heteroatoms. The Morgan fingerprint density at radius 3 is 1.96 bits per heavy atom. The normalized spacial score (nSPS) is 17.1. The molecule has 1 N–H and O–H groups in total. The van der Waals surface area contributed by atoms with Gasteiger partial charge in [0.15, 0.2) is 11.6 Å². The van der Waals surface area contributed by atoms with Crippen LogP contribution in [0.25, 0.3) is 0 Å². The maximum Gasteiger partial charge on any atom is 0.321 e. The Labute approximate surface area is 166 Å². The van der Waals surface area contributed by atoms with Crippen molar-refractivity contribution in [1.29, 1.82) is 0 Å². The number of hydrogen-bond acceptors (Lipinski definition) is 5. The zero-order valence-electron chi connectivity index (χ0n) is 16.5. The predicted molar refractivity (Wildman–Crippen MR) is 112 cm³/mol. The van der Waals surface area contributed by atoms with E-state index in [1.807, 2.05) is 23.1 Å². The molecule has 148 valence electrons. The summed E-state index contributed by atoms with van der Waals surface area (Å²) in [5, 5.41) is 11.8. The van der Waals surface area contributed by atoms with Crippen LogP contribution >= 0.6 is 0 Å². The van der Waals surface area contributed by atoms with Gasteiger partial charge in [0.1, 0.15) is 0 Å². The van der Waals surface area contributed by atoms with Gasteiger partial charge in [0, 0.05) is 45.0 Å². The maximum atomic E-state index is 12.5. The van der Waals surface area contributed by atoms with Gasteiger partial charge < -0.3 is 20.0 Å². The number of rotatable bonds is 4. The molecule has 2 amide bonds. The lowest BCUT2D eigenvalue weighted by Crippen LogP contribution is -2.50. The monoisotopic (exact) mass is 380 g/mol. The zero-order valence-corrected chi connectivity index (χ0v) is 16.5. The molecule has 2 aliphatic heterocycles. The summed E-state index contributed by atoms with van der Waals surface area (Å²) in [6.45, 7) is 7.14. The molecule has 0 saturated carbocycles. The molecule has 0 atom stereocenters. The van der Waals surface area contributed by atoms with E-state index in [9.17, 15) is 4.79 Å². The maximum absolute atomic E-state index is 12.5. The Morgan fingerprint density at radius 2 is 1.43 bits per heavy atom. The Morgan fingerprint density at radius 1 is 0.857 bits per heavy atom. The average Bonchev–Trinajstić information content (AvgIpc) is 3.29. The number of anilines is 3. The molecule has 0 spiro atoms. The summed E-state index contributed by atoms with van der Waals surface area (Å²) < 4.78 is 0. The van der Waals surface area contributed by atoms with Crippen molar-refractivity contribution in [3.63, 3.8) is 0 Å². The molecule has 3 heterocycles. The van der Waals surface area contributed by atoms with Crippen molar-refractivity contribution in [1.82, 2.24) is 15.1 Å². The van der Waals surface area contributed by atoms with Crippen molar-refractivity contribution in [2.75, 3.05) is 54.4 Å². The second-order valence-electron chi connectivity index (χ2n) is 7.40. The number of nitrogens with one attached hydrogen (secondary N) is 1. The number of aromatic nitrogens is 2. The molecule has 7 nitrogen and oxygen atoms in total. The lowest BCUT2D eigenvalue weighted by atomic mass is 10.1. The topological polar surface area (TPSA) is 64.6 Å². The Hall–Kier alpha value is -2.83. The first-order chi connectivity index (χ1) is 13.7. The summed E-state index contributed by atoms with van der Waals surface area (Å²) in [5.41, 5.74) is 2.11. The Kier molecular flexibility index (Phi) is 5.60. The lowest BCUT2D eigenvalue weighted by molar-refractivity contribution is 0.208. The number of piperazine rings is 1. The van der Waals surface area contributed by atoms with Crippen LogP contribution in [-0.2, 0) is 6.42 Å². The number of amides is 2. The number of hydrogen-bond donors (Lipinski definition) is 1. The first-order valence-electron chi connectivity index (χ1n) is 10.2. The summed E-state index contributed by atoms with van der Waals surface area (Å²) in [6.07, 6.45) is 3.46. The van der Waals surface area contributed by atoms with E-state index in [-0.39, 0.29) is 6.03 Å². The molecule has 4 rings (SSSR count). The minimum Gasteiger partial charge on any atom is -0.355 e. The standard InChI is InChI=1S/C21H28N6O/c1-2-17-5-7-18(8-6-17)22-21(28)27-15-13-26(14-16-27)20-10-9-19(23-24-20)25-11-3-4-12-25/h5-10H,2-4,11-16H2,1H3,(H,22,28). The molecular weight excluding hydrogens is 352 g/mol. The van der Waals surface area contributed by atoms with Gasteiger partial charge in [-0.1, -0.05) is 19.1 Å². The average molecular weight is 380 g/mol. The number of carbonyl (C=O) groups is 1. The first kappa shape index (κ1) is 18.5. The molecular formula is C21H28N6O. The number of urea groups is 1. The van der Waals surface area contributed by atoms with E-state index in [2.05, 4.69) is 50.4 Å². The number of aryl methyl sites for hydroxylation is 1. The van der Waals surface area contributed by atoms with Crippen molar-refractivity contribution >= 4 is 23.4 Å². The van der Waals surface area contributed by atoms with Gasteiger partial charge in [-0.15, -0.1) is 10.2 Å². The van der Waals surface area contributed by atoms with Crippen LogP contribution in [-0.4, -0.2) is 60.4 Å². The summed E-state index contributed by atoms with van der Waals surface area (Å²) >= 11 is 0. The molecule has 1 aromatic heterocycles. The van der Waals surface area contributed by atoms with Crippen LogP contribution in [0.1, 0.15) is 25.3 Å². The summed E-state index contributed by atoms with van der Waals surface area (Å²) in [6, 6.07) is 12.1. The number of carbonyl (C=O) groups excluding carboxylic acids is 1. The first-order valence-corrected chi connectivity index (χ1v) is 10.2. The van der Waals surface area contributed by atoms with Crippen LogP contribution in [0, 0.1) is 0 Å². The third-order valence-electron chi connectivity index (χ3n) is 5.57. The van der Waals surface area contributed by atoms with Crippen LogP contribution in [0.15, 0.2) is 36.4 Å². The lowest BCUT2D eigenvalue weighted by Gasteiger charge is -2.35. The van der Waals surface area contributed by atoms with Gasteiger partial charge in [0.05, 0.1) is 0 Å².